The Kier molecular flexibility index (Phi) is 3.14. The molecular weight excluding hydrogens is 258 g/mol. The van der Waals surface area contributed by atoms with Gasteiger partial charge in [0, 0.05) is 18.0 Å². The molecule has 2 unspecified atom stereocenters. The van der Waals surface area contributed by atoms with Crippen molar-refractivity contribution in [2.75, 3.05) is 13.7 Å². The fourth-order valence-electron chi connectivity index (χ4n) is 2.80. The van der Waals surface area contributed by atoms with Crippen molar-refractivity contribution in [3.8, 4) is 5.75 Å². The summed E-state index contributed by atoms with van der Waals surface area (Å²) in [5.74, 6) is 0.449. The minimum Gasteiger partial charge on any atom is -0.493 e. The minimum absolute atomic E-state index is 0.0459. The molecule has 106 valence electrons. The first-order valence-corrected chi connectivity index (χ1v) is 6.62. The first-order chi connectivity index (χ1) is 9.58. The predicted molar refractivity (Wildman–Crippen MR) is 74.0 cm³/mol. The van der Waals surface area contributed by atoms with Gasteiger partial charge in [0.25, 0.3) is 0 Å². The topological polar surface area (TPSA) is 71.7 Å². The third kappa shape index (κ3) is 2.14. The summed E-state index contributed by atoms with van der Waals surface area (Å²) in [6.45, 7) is 2.40. The monoisotopic (exact) mass is 275 g/mol. The molecule has 1 aliphatic heterocycles. The Labute approximate surface area is 116 Å². The Bertz CT molecular complexity index is 661. The number of aliphatic carboxylic acids is 1. The van der Waals surface area contributed by atoms with Crippen molar-refractivity contribution in [1.82, 2.24) is 5.32 Å². The second-order valence-electron chi connectivity index (χ2n) is 5.23. The summed E-state index contributed by atoms with van der Waals surface area (Å²) in [5.41, 5.74) is 1.78. The summed E-state index contributed by atoms with van der Waals surface area (Å²) in [6, 6.07) is 5.97. The van der Waals surface area contributed by atoms with Crippen molar-refractivity contribution in [1.29, 1.82) is 0 Å². The maximum Gasteiger partial charge on any atom is 0.307 e. The molecule has 0 spiro atoms. The molecule has 2 N–H and O–H groups in total. The maximum atomic E-state index is 11.0. The highest BCUT2D eigenvalue weighted by Gasteiger charge is 2.30. The van der Waals surface area contributed by atoms with Gasteiger partial charge < -0.3 is 19.6 Å². The van der Waals surface area contributed by atoms with E-state index in [0.717, 1.165) is 22.3 Å². The largest absolute Gasteiger partial charge is 0.493 e. The number of benzene rings is 1. The molecule has 3 rings (SSSR count). The van der Waals surface area contributed by atoms with Crippen LogP contribution in [-0.2, 0) is 4.79 Å². The van der Waals surface area contributed by atoms with Gasteiger partial charge in [-0.15, -0.1) is 0 Å². The molecule has 1 aromatic carbocycles. The lowest BCUT2D eigenvalue weighted by Crippen LogP contribution is -2.17. The molecular formula is C15H17NO4. The first-order valence-electron chi connectivity index (χ1n) is 6.62. The van der Waals surface area contributed by atoms with E-state index in [1.807, 2.05) is 25.1 Å². The van der Waals surface area contributed by atoms with E-state index in [9.17, 15) is 4.79 Å². The van der Waals surface area contributed by atoms with Gasteiger partial charge in [-0.2, -0.15) is 0 Å². The molecule has 1 aliphatic rings. The van der Waals surface area contributed by atoms with Gasteiger partial charge in [0.1, 0.15) is 5.76 Å². The number of fused-ring (bicyclic) bond motifs is 1. The van der Waals surface area contributed by atoms with E-state index >= 15 is 0 Å². The second-order valence-corrected chi connectivity index (χ2v) is 5.23. The van der Waals surface area contributed by atoms with E-state index in [0.29, 0.717) is 18.7 Å². The standard InChI is InChI=1S/C15H17NO4/c1-8-3-10-4-9(6-13(19-2)14(10)20-8)12-5-11(7-16-12)15(17)18/h3-4,6,11-12,16H,5,7H2,1-2H3,(H,17,18). The van der Waals surface area contributed by atoms with Crippen LogP contribution in [0.5, 0.6) is 5.75 Å². The van der Waals surface area contributed by atoms with Crippen molar-refractivity contribution >= 4 is 16.9 Å². The maximum absolute atomic E-state index is 11.0. The smallest absolute Gasteiger partial charge is 0.307 e. The lowest BCUT2D eigenvalue weighted by Gasteiger charge is -2.12. The number of carboxylic acid groups (broad SMARTS) is 1. The summed E-state index contributed by atoms with van der Waals surface area (Å²) in [4.78, 5) is 11.0. The van der Waals surface area contributed by atoms with Crippen LogP contribution < -0.4 is 10.1 Å². The van der Waals surface area contributed by atoms with E-state index in [4.69, 9.17) is 14.3 Å². The third-order valence-corrected chi connectivity index (χ3v) is 3.83. The Morgan fingerprint density at radius 1 is 1.45 bits per heavy atom. The third-order valence-electron chi connectivity index (χ3n) is 3.83. The summed E-state index contributed by atoms with van der Waals surface area (Å²) in [7, 11) is 1.61. The van der Waals surface area contributed by atoms with E-state index in [2.05, 4.69) is 5.32 Å². The number of carbonyl (C=O) groups is 1. The highest BCUT2D eigenvalue weighted by Crippen LogP contribution is 2.35. The molecule has 2 atom stereocenters. The molecule has 5 nitrogen and oxygen atoms in total. The van der Waals surface area contributed by atoms with Crippen LogP contribution in [-0.4, -0.2) is 24.7 Å². The fourth-order valence-corrected chi connectivity index (χ4v) is 2.80. The number of ether oxygens (including phenoxy) is 1. The van der Waals surface area contributed by atoms with E-state index < -0.39 is 5.97 Å². The predicted octanol–water partition coefficient (Wildman–Crippen LogP) is 2.49. The number of hydrogen-bond donors (Lipinski definition) is 2. The van der Waals surface area contributed by atoms with Crippen LogP contribution >= 0.6 is 0 Å². The van der Waals surface area contributed by atoms with Crippen LogP contribution in [0.1, 0.15) is 23.8 Å². The Morgan fingerprint density at radius 2 is 2.25 bits per heavy atom. The van der Waals surface area contributed by atoms with Gasteiger partial charge in [-0.1, -0.05) is 0 Å². The molecule has 2 aromatic rings. The number of hydrogen-bond acceptors (Lipinski definition) is 4. The van der Waals surface area contributed by atoms with Crippen LogP contribution in [0.25, 0.3) is 11.0 Å². The first kappa shape index (κ1) is 13.0. The zero-order valence-corrected chi connectivity index (χ0v) is 11.5. The van der Waals surface area contributed by atoms with Gasteiger partial charge in [0.15, 0.2) is 11.3 Å². The van der Waals surface area contributed by atoms with Crippen molar-refractivity contribution < 1.29 is 19.1 Å². The summed E-state index contributed by atoms with van der Waals surface area (Å²) >= 11 is 0. The van der Waals surface area contributed by atoms with Gasteiger partial charge in [-0.3, -0.25) is 4.79 Å². The van der Waals surface area contributed by atoms with Crippen LogP contribution in [0, 0.1) is 12.8 Å². The number of rotatable bonds is 3. The van der Waals surface area contributed by atoms with Gasteiger partial charge in [-0.25, -0.2) is 0 Å². The zero-order chi connectivity index (χ0) is 14.3. The Balaban J connectivity index is 1.98. The van der Waals surface area contributed by atoms with Gasteiger partial charge >= 0.3 is 5.97 Å². The quantitative estimate of drug-likeness (QED) is 0.900. The van der Waals surface area contributed by atoms with Crippen LogP contribution in [0.4, 0.5) is 0 Å². The van der Waals surface area contributed by atoms with E-state index in [1.165, 1.54) is 0 Å². The lowest BCUT2D eigenvalue weighted by molar-refractivity contribution is -0.141. The highest BCUT2D eigenvalue weighted by atomic mass is 16.5. The summed E-state index contributed by atoms with van der Waals surface area (Å²) in [6.07, 6.45) is 0.598. The molecule has 1 saturated heterocycles. The van der Waals surface area contributed by atoms with Crippen LogP contribution in [0.3, 0.4) is 0 Å². The molecule has 2 heterocycles. The number of nitrogens with one attached hydrogen (secondary N) is 1. The van der Waals surface area contributed by atoms with Crippen LogP contribution in [0.15, 0.2) is 22.6 Å². The molecule has 20 heavy (non-hydrogen) atoms. The van der Waals surface area contributed by atoms with Crippen molar-refractivity contribution in [2.45, 2.75) is 19.4 Å². The minimum atomic E-state index is -0.743. The van der Waals surface area contributed by atoms with Crippen molar-refractivity contribution in [3.05, 3.63) is 29.5 Å². The average molecular weight is 275 g/mol. The molecule has 0 saturated carbocycles. The summed E-state index contributed by atoms with van der Waals surface area (Å²) < 4.78 is 11.0. The SMILES string of the molecule is COc1cc(C2CC(C(=O)O)CN2)cc2cc(C)oc12. The number of aryl methyl sites for hydroxylation is 1. The number of furan rings is 1. The molecule has 1 fully saturated rings. The molecule has 1 aromatic heterocycles. The number of carboxylic acids is 1. The van der Waals surface area contributed by atoms with Crippen LogP contribution in [0.2, 0.25) is 0 Å². The second kappa shape index (κ2) is 4.83. The molecule has 0 aliphatic carbocycles. The Morgan fingerprint density at radius 3 is 2.90 bits per heavy atom. The summed E-state index contributed by atoms with van der Waals surface area (Å²) in [5, 5.41) is 13.3. The molecule has 0 radical (unpaired) electrons. The molecule has 0 bridgehead atoms. The molecule has 5 heteroatoms. The Hall–Kier alpha value is -2.01. The fraction of sp³-hybridized carbons (Fsp3) is 0.400. The molecule has 0 amide bonds. The average Bonchev–Trinajstić information content (AvgIpc) is 3.02. The highest BCUT2D eigenvalue weighted by molar-refractivity contribution is 5.85. The lowest BCUT2D eigenvalue weighted by atomic mass is 9.99. The normalized spacial score (nSPS) is 22.3. The number of methoxy groups -OCH3 is 1. The van der Waals surface area contributed by atoms with Gasteiger partial charge in [0.2, 0.25) is 0 Å². The van der Waals surface area contributed by atoms with Gasteiger partial charge in [0.05, 0.1) is 13.0 Å². The van der Waals surface area contributed by atoms with Crippen molar-refractivity contribution in [2.24, 2.45) is 5.92 Å². The van der Waals surface area contributed by atoms with Crippen molar-refractivity contribution in [3.63, 3.8) is 0 Å². The zero-order valence-electron chi connectivity index (χ0n) is 11.5. The van der Waals surface area contributed by atoms with E-state index in [1.54, 1.807) is 7.11 Å². The van der Waals surface area contributed by atoms with Gasteiger partial charge in [-0.05, 0) is 37.1 Å². The van der Waals surface area contributed by atoms with E-state index in [-0.39, 0.29) is 12.0 Å².